The molecule has 0 spiro atoms. The summed E-state index contributed by atoms with van der Waals surface area (Å²) < 4.78 is 27.4. The van der Waals surface area contributed by atoms with E-state index in [0.29, 0.717) is 35.7 Å². The zero-order valence-electron chi connectivity index (χ0n) is 13.5. The highest BCUT2D eigenvalue weighted by molar-refractivity contribution is 7.89. The molecular weight excluding hydrogens is 284 g/mol. The molecular formula is C16H28N2O2S. The second kappa shape index (κ2) is 7.92. The highest BCUT2D eigenvalue weighted by atomic mass is 32.2. The molecule has 0 radical (unpaired) electrons. The van der Waals surface area contributed by atoms with Crippen LogP contribution in [0.5, 0.6) is 0 Å². The van der Waals surface area contributed by atoms with Gasteiger partial charge in [0.25, 0.3) is 0 Å². The van der Waals surface area contributed by atoms with E-state index in [-0.39, 0.29) is 0 Å². The Morgan fingerprint density at radius 1 is 1.05 bits per heavy atom. The summed E-state index contributed by atoms with van der Waals surface area (Å²) in [6.07, 6.45) is 0.760. The third-order valence-electron chi connectivity index (χ3n) is 3.89. The maximum Gasteiger partial charge on any atom is 0.240 e. The Bertz CT molecular complexity index is 514. The summed E-state index contributed by atoms with van der Waals surface area (Å²) in [6.45, 7) is 9.54. The molecule has 0 saturated carbocycles. The average molecular weight is 312 g/mol. The lowest BCUT2D eigenvalue weighted by atomic mass is 9.86. The molecule has 4 nitrogen and oxygen atoms in total. The van der Waals surface area contributed by atoms with Gasteiger partial charge in [-0.05, 0) is 48.4 Å². The van der Waals surface area contributed by atoms with Crippen LogP contribution in [0.3, 0.4) is 0 Å². The minimum Gasteiger partial charge on any atom is -0.330 e. The Labute approximate surface area is 129 Å². The van der Waals surface area contributed by atoms with Gasteiger partial charge in [0.2, 0.25) is 10.0 Å². The lowest BCUT2D eigenvalue weighted by molar-refractivity contribution is 0.289. The maximum atomic E-state index is 12.3. The quantitative estimate of drug-likeness (QED) is 0.774. The summed E-state index contributed by atoms with van der Waals surface area (Å²) in [5, 5.41) is 0. The number of rotatable bonds is 8. The number of sulfonamides is 1. The largest absolute Gasteiger partial charge is 0.330 e. The maximum absolute atomic E-state index is 12.3. The summed E-state index contributed by atoms with van der Waals surface area (Å²) in [5.74, 6) is 1.22. The van der Waals surface area contributed by atoms with Crippen molar-refractivity contribution in [3.63, 3.8) is 0 Å². The number of benzene rings is 1. The Kier molecular flexibility index (Phi) is 6.84. The molecule has 0 heterocycles. The van der Waals surface area contributed by atoms with Crippen LogP contribution in [0.4, 0.5) is 0 Å². The van der Waals surface area contributed by atoms with Gasteiger partial charge in [0.15, 0.2) is 0 Å². The fourth-order valence-electron chi connectivity index (χ4n) is 2.53. The monoisotopic (exact) mass is 312 g/mol. The predicted molar refractivity (Wildman–Crippen MR) is 87.6 cm³/mol. The Morgan fingerprint density at radius 2 is 1.57 bits per heavy atom. The number of nitrogens with one attached hydrogen (secondary N) is 1. The van der Waals surface area contributed by atoms with Crippen LogP contribution >= 0.6 is 0 Å². The van der Waals surface area contributed by atoms with E-state index in [1.165, 1.54) is 0 Å². The van der Waals surface area contributed by atoms with Crippen LogP contribution in [0, 0.1) is 17.8 Å². The average Bonchev–Trinajstić information content (AvgIpc) is 2.39. The van der Waals surface area contributed by atoms with E-state index in [1.54, 1.807) is 12.1 Å². The summed E-state index contributed by atoms with van der Waals surface area (Å²) in [4.78, 5) is 0.314. The van der Waals surface area contributed by atoms with Crippen molar-refractivity contribution in [2.24, 2.45) is 23.5 Å². The number of hydrogen-bond donors (Lipinski definition) is 2. The third kappa shape index (κ3) is 5.41. The van der Waals surface area contributed by atoms with Crippen LogP contribution in [0.2, 0.25) is 0 Å². The van der Waals surface area contributed by atoms with Crippen LogP contribution in [0.25, 0.3) is 0 Å². The molecule has 0 aliphatic rings. The van der Waals surface area contributed by atoms with Crippen molar-refractivity contribution in [2.75, 3.05) is 13.1 Å². The lowest BCUT2D eigenvalue weighted by Gasteiger charge is -2.25. The molecule has 0 aliphatic carbocycles. The molecule has 0 amide bonds. The van der Waals surface area contributed by atoms with E-state index < -0.39 is 10.0 Å². The fourth-order valence-corrected chi connectivity index (χ4v) is 3.61. The predicted octanol–water partition coefficient (Wildman–Crippen LogP) is 2.39. The second-order valence-electron chi connectivity index (χ2n) is 6.19. The standard InChI is InChI=1S/C16H28N2O2S/c1-12(2)16(13(3)4)11-18-21(19,20)15-7-5-14(6-8-15)9-10-17/h5-8,12-13,16,18H,9-11,17H2,1-4H3. The highest BCUT2D eigenvalue weighted by Crippen LogP contribution is 2.20. The fraction of sp³-hybridized carbons (Fsp3) is 0.625. The van der Waals surface area contributed by atoms with E-state index in [0.717, 1.165) is 12.0 Å². The summed E-state index contributed by atoms with van der Waals surface area (Å²) in [5.41, 5.74) is 6.55. The highest BCUT2D eigenvalue weighted by Gasteiger charge is 2.21. The first-order valence-corrected chi connectivity index (χ1v) is 9.05. The Morgan fingerprint density at radius 3 is 2.00 bits per heavy atom. The first kappa shape index (κ1) is 18.1. The molecule has 0 saturated heterocycles. The van der Waals surface area contributed by atoms with Crippen LogP contribution in [-0.2, 0) is 16.4 Å². The van der Waals surface area contributed by atoms with Crippen LogP contribution in [-0.4, -0.2) is 21.5 Å². The molecule has 120 valence electrons. The van der Waals surface area contributed by atoms with Gasteiger partial charge in [0, 0.05) is 6.54 Å². The van der Waals surface area contributed by atoms with Crippen molar-refractivity contribution in [1.29, 1.82) is 0 Å². The zero-order chi connectivity index (χ0) is 16.0. The van der Waals surface area contributed by atoms with Gasteiger partial charge in [0.1, 0.15) is 0 Å². The third-order valence-corrected chi connectivity index (χ3v) is 5.33. The summed E-state index contributed by atoms with van der Waals surface area (Å²) in [6, 6.07) is 6.94. The molecule has 0 bridgehead atoms. The van der Waals surface area contributed by atoms with Crippen molar-refractivity contribution in [2.45, 2.75) is 39.0 Å². The van der Waals surface area contributed by atoms with Gasteiger partial charge in [-0.1, -0.05) is 39.8 Å². The molecule has 0 aliphatic heterocycles. The summed E-state index contributed by atoms with van der Waals surface area (Å²) in [7, 11) is -3.44. The van der Waals surface area contributed by atoms with E-state index in [2.05, 4.69) is 32.4 Å². The van der Waals surface area contributed by atoms with Gasteiger partial charge < -0.3 is 5.73 Å². The second-order valence-corrected chi connectivity index (χ2v) is 7.95. The molecule has 0 atom stereocenters. The topological polar surface area (TPSA) is 72.2 Å². The van der Waals surface area contributed by atoms with E-state index in [1.807, 2.05) is 12.1 Å². The van der Waals surface area contributed by atoms with Crippen LogP contribution in [0.15, 0.2) is 29.2 Å². The van der Waals surface area contributed by atoms with Crippen LogP contribution in [0.1, 0.15) is 33.3 Å². The first-order valence-electron chi connectivity index (χ1n) is 7.56. The smallest absolute Gasteiger partial charge is 0.240 e. The zero-order valence-corrected chi connectivity index (χ0v) is 14.3. The van der Waals surface area contributed by atoms with Crippen molar-refractivity contribution in [3.8, 4) is 0 Å². The number of nitrogens with two attached hydrogens (primary N) is 1. The van der Waals surface area contributed by atoms with E-state index >= 15 is 0 Å². The minimum atomic E-state index is -3.44. The molecule has 5 heteroatoms. The molecule has 3 N–H and O–H groups in total. The van der Waals surface area contributed by atoms with Gasteiger partial charge in [-0.15, -0.1) is 0 Å². The molecule has 1 aromatic rings. The van der Waals surface area contributed by atoms with Crippen LogP contribution < -0.4 is 10.5 Å². The SMILES string of the molecule is CC(C)C(CNS(=O)(=O)c1ccc(CCN)cc1)C(C)C. The first-order chi connectivity index (χ1) is 9.77. The molecule has 1 rings (SSSR count). The molecule has 0 aromatic heterocycles. The van der Waals surface area contributed by atoms with Gasteiger partial charge in [-0.2, -0.15) is 0 Å². The minimum absolute atomic E-state index is 0.314. The van der Waals surface area contributed by atoms with Gasteiger partial charge in [-0.3, -0.25) is 0 Å². The van der Waals surface area contributed by atoms with Gasteiger partial charge in [-0.25, -0.2) is 13.1 Å². The van der Waals surface area contributed by atoms with Gasteiger partial charge in [0.05, 0.1) is 4.90 Å². The molecule has 21 heavy (non-hydrogen) atoms. The Hall–Kier alpha value is -0.910. The van der Waals surface area contributed by atoms with Crippen molar-refractivity contribution in [3.05, 3.63) is 29.8 Å². The normalized spacial score (nSPS) is 12.6. The van der Waals surface area contributed by atoms with E-state index in [9.17, 15) is 8.42 Å². The van der Waals surface area contributed by atoms with E-state index in [4.69, 9.17) is 5.73 Å². The van der Waals surface area contributed by atoms with Crippen molar-refractivity contribution < 1.29 is 8.42 Å². The Balaban J connectivity index is 2.77. The molecule has 0 fully saturated rings. The lowest BCUT2D eigenvalue weighted by Crippen LogP contribution is -2.33. The van der Waals surface area contributed by atoms with Crippen molar-refractivity contribution in [1.82, 2.24) is 4.72 Å². The molecule has 1 aromatic carbocycles. The molecule has 0 unspecified atom stereocenters. The number of hydrogen-bond acceptors (Lipinski definition) is 3. The summed E-state index contributed by atoms with van der Waals surface area (Å²) >= 11 is 0. The van der Waals surface area contributed by atoms with Crippen molar-refractivity contribution >= 4 is 10.0 Å². The van der Waals surface area contributed by atoms with Gasteiger partial charge >= 0.3 is 0 Å².